The molecule has 1 aromatic carbocycles. The molecule has 0 bridgehead atoms. The van der Waals surface area contributed by atoms with Crippen LogP contribution in [0.25, 0.3) is 0 Å². The Kier molecular flexibility index (Phi) is 6.76. The summed E-state index contributed by atoms with van der Waals surface area (Å²) in [5.74, 6) is 0.0358. The average molecular weight is 425 g/mol. The lowest BCUT2D eigenvalue weighted by atomic mass is 10.00. The highest BCUT2D eigenvalue weighted by Crippen LogP contribution is 2.30. The first-order valence-electron chi connectivity index (χ1n) is 11.2. The van der Waals surface area contributed by atoms with Crippen molar-refractivity contribution in [3.05, 3.63) is 30.1 Å². The fourth-order valence-electron chi connectivity index (χ4n) is 5.11. The number of hydrogen-bond acceptors (Lipinski definition) is 4. The second-order valence-electron chi connectivity index (χ2n) is 8.72. The molecule has 0 unspecified atom stereocenters. The Balaban J connectivity index is 1.24. The summed E-state index contributed by atoms with van der Waals surface area (Å²) in [6, 6.07) is 7.03. The fourth-order valence-corrected chi connectivity index (χ4v) is 7.18. The highest BCUT2D eigenvalue weighted by molar-refractivity contribution is 7.89. The highest BCUT2D eigenvalue weighted by Gasteiger charge is 2.37. The molecule has 162 valence electrons. The van der Waals surface area contributed by atoms with E-state index >= 15 is 0 Å². The van der Waals surface area contributed by atoms with E-state index in [2.05, 4.69) is 4.90 Å². The molecule has 1 aromatic rings. The standard InChI is InChI=1S/C22H33FN2O3S/c23-21-8-4-5-9-22(21)28-19-12-14-24(15-13-19)18-10-16-25(17-11-18)29(26,27)20-6-2-1-3-7-20/h4-5,8-9,18-20H,1-3,6-7,10-17H2. The van der Waals surface area contributed by atoms with E-state index in [1.807, 2.05) is 0 Å². The summed E-state index contributed by atoms with van der Waals surface area (Å²) in [4.78, 5) is 2.48. The number of nitrogens with zero attached hydrogens (tertiary/aromatic N) is 2. The van der Waals surface area contributed by atoms with E-state index in [0.717, 1.165) is 64.5 Å². The van der Waals surface area contributed by atoms with Crippen molar-refractivity contribution in [3.8, 4) is 5.75 Å². The maximum Gasteiger partial charge on any atom is 0.216 e. The van der Waals surface area contributed by atoms with Gasteiger partial charge in [-0.1, -0.05) is 31.4 Å². The molecule has 0 atom stereocenters. The average Bonchev–Trinajstić information content (AvgIpc) is 2.77. The number of ether oxygens (including phenoxy) is 1. The fraction of sp³-hybridized carbons (Fsp3) is 0.727. The van der Waals surface area contributed by atoms with E-state index in [0.29, 0.717) is 24.9 Å². The van der Waals surface area contributed by atoms with E-state index in [1.54, 1.807) is 22.5 Å². The quantitative estimate of drug-likeness (QED) is 0.722. The lowest BCUT2D eigenvalue weighted by Crippen LogP contribution is -2.51. The second-order valence-corrected chi connectivity index (χ2v) is 10.9. The Morgan fingerprint density at radius 2 is 1.52 bits per heavy atom. The van der Waals surface area contributed by atoms with Crippen LogP contribution in [0.4, 0.5) is 4.39 Å². The second kappa shape index (κ2) is 9.31. The van der Waals surface area contributed by atoms with Gasteiger partial charge in [0.1, 0.15) is 6.10 Å². The number of hydrogen-bond donors (Lipinski definition) is 0. The molecule has 3 fully saturated rings. The van der Waals surface area contributed by atoms with Gasteiger partial charge < -0.3 is 9.64 Å². The van der Waals surface area contributed by atoms with Gasteiger partial charge in [-0.05, 0) is 50.7 Å². The molecular formula is C22H33FN2O3S. The molecule has 5 nitrogen and oxygen atoms in total. The lowest BCUT2D eigenvalue weighted by Gasteiger charge is -2.42. The molecule has 0 spiro atoms. The molecule has 1 saturated carbocycles. The Labute approximate surface area is 174 Å². The molecule has 0 N–H and O–H groups in total. The minimum atomic E-state index is -3.13. The number of sulfonamides is 1. The molecule has 0 amide bonds. The number of benzene rings is 1. The van der Waals surface area contributed by atoms with Crippen molar-refractivity contribution < 1.29 is 17.5 Å². The number of piperidine rings is 2. The van der Waals surface area contributed by atoms with Crippen LogP contribution in [0.1, 0.15) is 57.8 Å². The normalized spacial score (nSPS) is 24.6. The van der Waals surface area contributed by atoms with Gasteiger partial charge in [0, 0.05) is 32.2 Å². The Bertz CT molecular complexity index is 766. The molecule has 0 aromatic heterocycles. The van der Waals surface area contributed by atoms with Gasteiger partial charge in [0.2, 0.25) is 10.0 Å². The summed E-state index contributed by atoms with van der Waals surface area (Å²) in [6.07, 6.45) is 8.56. The molecule has 2 heterocycles. The van der Waals surface area contributed by atoms with Gasteiger partial charge in [-0.3, -0.25) is 0 Å². The van der Waals surface area contributed by atoms with Crippen LogP contribution in [0.15, 0.2) is 24.3 Å². The minimum Gasteiger partial charge on any atom is -0.487 e. The predicted octanol–water partition coefficient (Wildman–Crippen LogP) is 3.80. The zero-order chi connectivity index (χ0) is 20.3. The van der Waals surface area contributed by atoms with Crippen molar-refractivity contribution >= 4 is 10.0 Å². The zero-order valence-corrected chi connectivity index (χ0v) is 18.0. The first-order chi connectivity index (χ1) is 14.0. The maximum atomic E-state index is 13.8. The first kappa shape index (κ1) is 21.1. The van der Waals surface area contributed by atoms with E-state index in [-0.39, 0.29) is 17.2 Å². The summed E-state index contributed by atoms with van der Waals surface area (Å²) < 4.78 is 47.3. The number of likely N-dealkylation sites (tertiary alicyclic amines) is 1. The topological polar surface area (TPSA) is 49.9 Å². The van der Waals surface area contributed by atoms with Gasteiger partial charge in [0.25, 0.3) is 0 Å². The smallest absolute Gasteiger partial charge is 0.216 e. The zero-order valence-electron chi connectivity index (χ0n) is 17.1. The van der Waals surface area contributed by atoms with Crippen LogP contribution in [0.2, 0.25) is 0 Å². The van der Waals surface area contributed by atoms with E-state index in [4.69, 9.17) is 4.74 Å². The van der Waals surface area contributed by atoms with Crippen LogP contribution in [0, 0.1) is 5.82 Å². The minimum absolute atomic E-state index is 0.0509. The molecule has 1 aliphatic carbocycles. The molecule has 2 saturated heterocycles. The van der Waals surface area contributed by atoms with Gasteiger partial charge in [0.15, 0.2) is 11.6 Å². The van der Waals surface area contributed by atoms with E-state index in [9.17, 15) is 12.8 Å². The van der Waals surface area contributed by atoms with Crippen LogP contribution in [0.5, 0.6) is 5.75 Å². The lowest BCUT2D eigenvalue weighted by molar-refractivity contribution is 0.0566. The molecule has 4 rings (SSSR count). The van der Waals surface area contributed by atoms with E-state index in [1.165, 1.54) is 12.5 Å². The summed E-state index contributed by atoms with van der Waals surface area (Å²) in [5.41, 5.74) is 0. The maximum absolute atomic E-state index is 13.8. The summed E-state index contributed by atoms with van der Waals surface area (Å²) in [5, 5.41) is -0.154. The molecule has 29 heavy (non-hydrogen) atoms. The van der Waals surface area contributed by atoms with Crippen LogP contribution >= 0.6 is 0 Å². The van der Waals surface area contributed by atoms with Crippen LogP contribution < -0.4 is 4.74 Å². The molecule has 0 radical (unpaired) electrons. The van der Waals surface area contributed by atoms with Gasteiger partial charge in [-0.2, -0.15) is 0 Å². The number of para-hydroxylation sites is 1. The van der Waals surface area contributed by atoms with Crippen LogP contribution in [0.3, 0.4) is 0 Å². The third-order valence-electron chi connectivity index (χ3n) is 6.88. The molecular weight excluding hydrogens is 391 g/mol. The third-order valence-corrected chi connectivity index (χ3v) is 9.28. The molecule has 7 heteroatoms. The largest absolute Gasteiger partial charge is 0.487 e. The summed E-state index contributed by atoms with van der Waals surface area (Å²) in [6.45, 7) is 3.16. The van der Waals surface area contributed by atoms with Crippen LogP contribution in [-0.2, 0) is 10.0 Å². The van der Waals surface area contributed by atoms with Crippen molar-refractivity contribution in [3.63, 3.8) is 0 Å². The Morgan fingerprint density at radius 1 is 0.862 bits per heavy atom. The Morgan fingerprint density at radius 3 is 2.17 bits per heavy atom. The van der Waals surface area contributed by atoms with Gasteiger partial charge in [0.05, 0.1) is 5.25 Å². The van der Waals surface area contributed by atoms with Gasteiger partial charge in [-0.25, -0.2) is 17.1 Å². The predicted molar refractivity (Wildman–Crippen MR) is 112 cm³/mol. The summed E-state index contributed by atoms with van der Waals surface area (Å²) >= 11 is 0. The van der Waals surface area contributed by atoms with Gasteiger partial charge in [-0.15, -0.1) is 0 Å². The van der Waals surface area contributed by atoms with Crippen molar-refractivity contribution in [2.45, 2.75) is 75.2 Å². The van der Waals surface area contributed by atoms with Gasteiger partial charge >= 0.3 is 0 Å². The van der Waals surface area contributed by atoms with E-state index < -0.39 is 10.0 Å². The molecule has 3 aliphatic rings. The van der Waals surface area contributed by atoms with Crippen molar-refractivity contribution in [1.82, 2.24) is 9.21 Å². The Hall–Kier alpha value is -1.18. The SMILES string of the molecule is O=S(=O)(C1CCCCC1)N1CCC(N2CCC(Oc3ccccc3F)CC2)CC1. The number of rotatable bonds is 5. The first-order valence-corrected chi connectivity index (χ1v) is 12.7. The highest BCUT2D eigenvalue weighted by atomic mass is 32.2. The molecule has 2 aliphatic heterocycles. The van der Waals surface area contributed by atoms with Crippen molar-refractivity contribution in [2.24, 2.45) is 0 Å². The number of halogens is 1. The monoisotopic (exact) mass is 424 g/mol. The summed E-state index contributed by atoms with van der Waals surface area (Å²) in [7, 11) is -3.13. The van der Waals surface area contributed by atoms with Crippen molar-refractivity contribution in [2.75, 3.05) is 26.2 Å². The third kappa shape index (κ3) is 4.94. The van der Waals surface area contributed by atoms with Crippen molar-refractivity contribution in [1.29, 1.82) is 0 Å². The van der Waals surface area contributed by atoms with Crippen LogP contribution in [-0.4, -0.2) is 61.2 Å².